The number of carbonyl (C=O) groups excluding carboxylic acids is 2. The number of hydrogen-bond acceptors (Lipinski definition) is 4. The lowest BCUT2D eigenvalue weighted by Crippen LogP contribution is -2.55. The largest absolute Gasteiger partial charge is 0.325 e. The first kappa shape index (κ1) is 19.3. The Balaban J connectivity index is 1.35. The Bertz CT molecular complexity index is 740. The van der Waals surface area contributed by atoms with Gasteiger partial charge in [-0.05, 0) is 49.9 Å². The summed E-state index contributed by atoms with van der Waals surface area (Å²) in [6.45, 7) is 7.10. The molecule has 3 amide bonds. The van der Waals surface area contributed by atoms with E-state index in [9.17, 15) is 14.0 Å². The van der Waals surface area contributed by atoms with Crippen LogP contribution in [0.2, 0.25) is 0 Å². The molecule has 0 aromatic heterocycles. The summed E-state index contributed by atoms with van der Waals surface area (Å²) < 4.78 is 13.4. The molecular formula is C21H29FN4O2. The monoisotopic (exact) mass is 388 g/mol. The lowest BCUT2D eigenvalue weighted by atomic mass is 9.87. The van der Waals surface area contributed by atoms with Crippen LogP contribution in [0.1, 0.15) is 38.2 Å². The maximum absolute atomic E-state index is 13.4. The van der Waals surface area contributed by atoms with Gasteiger partial charge in [0.05, 0.1) is 0 Å². The zero-order chi connectivity index (χ0) is 19.7. The minimum absolute atomic E-state index is 0.0307. The number of nitrogens with one attached hydrogen (secondary N) is 1. The van der Waals surface area contributed by atoms with E-state index in [2.05, 4.69) is 22.0 Å². The second-order valence-corrected chi connectivity index (χ2v) is 8.26. The molecule has 1 spiro atoms. The SMILES string of the molecule is CCN1CCC2(CC1)NC(=O)N(C1CCN(Cc3cccc(F)c3)CC1)C2=O. The number of rotatable bonds is 4. The number of halogens is 1. The van der Waals surface area contributed by atoms with Crippen LogP contribution in [0.4, 0.5) is 9.18 Å². The van der Waals surface area contributed by atoms with Crippen molar-refractivity contribution in [2.45, 2.75) is 50.7 Å². The zero-order valence-electron chi connectivity index (χ0n) is 16.5. The van der Waals surface area contributed by atoms with Gasteiger partial charge in [0.1, 0.15) is 11.4 Å². The molecule has 3 saturated heterocycles. The van der Waals surface area contributed by atoms with Gasteiger partial charge >= 0.3 is 6.03 Å². The van der Waals surface area contributed by atoms with Crippen LogP contribution in [-0.2, 0) is 11.3 Å². The Morgan fingerprint density at radius 1 is 1.11 bits per heavy atom. The molecule has 3 aliphatic heterocycles. The van der Waals surface area contributed by atoms with Crippen molar-refractivity contribution < 1.29 is 14.0 Å². The summed E-state index contributed by atoms with van der Waals surface area (Å²) in [6.07, 6.45) is 2.93. The topological polar surface area (TPSA) is 55.9 Å². The summed E-state index contributed by atoms with van der Waals surface area (Å²) in [5.74, 6) is -0.247. The third-order valence-corrected chi connectivity index (χ3v) is 6.57. The number of piperidine rings is 2. The molecule has 4 rings (SSSR count). The predicted molar refractivity (Wildman–Crippen MR) is 104 cm³/mol. The first-order valence-corrected chi connectivity index (χ1v) is 10.4. The summed E-state index contributed by atoms with van der Waals surface area (Å²) in [4.78, 5) is 31.9. The predicted octanol–water partition coefficient (Wildman–Crippen LogP) is 2.20. The van der Waals surface area contributed by atoms with Gasteiger partial charge in [-0.15, -0.1) is 0 Å². The van der Waals surface area contributed by atoms with E-state index in [-0.39, 0.29) is 23.8 Å². The fourth-order valence-electron chi connectivity index (χ4n) is 4.79. The van der Waals surface area contributed by atoms with E-state index in [1.807, 2.05) is 6.07 Å². The maximum atomic E-state index is 13.4. The van der Waals surface area contributed by atoms with E-state index in [0.717, 1.165) is 51.1 Å². The number of urea groups is 1. The molecule has 3 aliphatic rings. The molecule has 1 aromatic carbocycles. The molecule has 1 aromatic rings. The molecule has 0 bridgehead atoms. The Labute approximate surface area is 165 Å². The first-order chi connectivity index (χ1) is 13.5. The normalized spacial score (nSPS) is 24.1. The molecule has 0 atom stereocenters. The van der Waals surface area contributed by atoms with Crippen molar-refractivity contribution >= 4 is 11.9 Å². The van der Waals surface area contributed by atoms with E-state index >= 15 is 0 Å². The average Bonchev–Trinajstić information content (AvgIpc) is 2.93. The molecule has 0 unspecified atom stereocenters. The fraction of sp³-hybridized carbons (Fsp3) is 0.619. The molecular weight excluding hydrogens is 359 g/mol. The highest BCUT2D eigenvalue weighted by molar-refractivity contribution is 6.07. The summed E-state index contributed by atoms with van der Waals surface area (Å²) in [5.41, 5.74) is 0.261. The van der Waals surface area contributed by atoms with Gasteiger partial charge in [-0.2, -0.15) is 0 Å². The number of amides is 3. The van der Waals surface area contributed by atoms with Gasteiger partial charge in [-0.1, -0.05) is 19.1 Å². The van der Waals surface area contributed by atoms with Crippen molar-refractivity contribution in [1.82, 2.24) is 20.0 Å². The lowest BCUT2D eigenvalue weighted by molar-refractivity contribution is -0.135. The molecule has 3 fully saturated rings. The highest BCUT2D eigenvalue weighted by atomic mass is 19.1. The van der Waals surface area contributed by atoms with Gasteiger partial charge in [0.2, 0.25) is 0 Å². The molecule has 1 N–H and O–H groups in total. The van der Waals surface area contributed by atoms with Crippen molar-refractivity contribution in [2.75, 3.05) is 32.7 Å². The van der Waals surface area contributed by atoms with Gasteiger partial charge in [-0.25, -0.2) is 9.18 Å². The molecule has 152 valence electrons. The van der Waals surface area contributed by atoms with Gasteiger partial charge in [0.15, 0.2) is 0 Å². The Kier molecular flexibility index (Phi) is 5.38. The Hall–Kier alpha value is -1.99. The number of carbonyl (C=O) groups is 2. The smallest absolute Gasteiger partial charge is 0.323 e. The van der Waals surface area contributed by atoms with E-state index in [1.54, 1.807) is 12.1 Å². The minimum atomic E-state index is -0.693. The number of benzene rings is 1. The van der Waals surface area contributed by atoms with Crippen LogP contribution in [0.15, 0.2) is 24.3 Å². The molecule has 0 radical (unpaired) electrons. The molecule has 6 nitrogen and oxygen atoms in total. The average molecular weight is 388 g/mol. The second kappa shape index (κ2) is 7.79. The van der Waals surface area contributed by atoms with Crippen LogP contribution in [0, 0.1) is 5.82 Å². The standard InChI is InChI=1S/C21H29FN4O2/c1-2-24-12-8-21(9-13-24)19(27)26(20(28)23-21)18-6-10-25(11-7-18)15-16-4-3-5-17(22)14-16/h3-5,14,18H,2,6-13,15H2,1H3,(H,23,28). The van der Waals surface area contributed by atoms with Crippen LogP contribution >= 0.6 is 0 Å². The molecule has 28 heavy (non-hydrogen) atoms. The second-order valence-electron chi connectivity index (χ2n) is 8.26. The van der Waals surface area contributed by atoms with E-state index in [1.165, 1.54) is 11.0 Å². The highest BCUT2D eigenvalue weighted by Crippen LogP contribution is 2.32. The quantitative estimate of drug-likeness (QED) is 0.804. The molecule has 0 aliphatic carbocycles. The van der Waals surface area contributed by atoms with Gasteiger partial charge < -0.3 is 10.2 Å². The number of imide groups is 1. The third kappa shape index (κ3) is 3.65. The third-order valence-electron chi connectivity index (χ3n) is 6.57. The Morgan fingerprint density at radius 3 is 2.46 bits per heavy atom. The van der Waals surface area contributed by atoms with Gasteiger partial charge in [0, 0.05) is 38.8 Å². The number of hydrogen-bond donors (Lipinski definition) is 1. The van der Waals surface area contributed by atoms with Crippen LogP contribution in [-0.4, -0.2) is 70.9 Å². The van der Waals surface area contributed by atoms with Crippen molar-refractivity contribution in [1.29, 1.82) is 0 Å². The fourth-order valence-corrected chi connectivity index (χ4v) is 4.79. The molecule has 0 saturated carbocycles. The number of likely N-dealkylation sites (tertiary alicyclic amines) is 2. The lowest BCUT2D eigenvalue weighted by Gasteiger charge is -2.38. The van der Waals surface area contributed by atoms with Crippen LogP contribution in [0.3, 0.4) is 0 Å². The molecule has 7 heteroatoms. The van der Waals surface area contributed by atoms with Crippen LogP contribution in [0.5, 0.6) is 0 Å². The van der Waals surface area contributed by atoms with Crippen molar-refractivity contribution in [3.8, 4) is 0 Å². The van der Waals surface area contributed by atoms with Crippen molar-refractivity contribution in [2.24, 2.45) is 0 Å². The van der Waals surface area contributed by atoms with Crippen molar-refractivity contribution in [3.05, 3.63) is 35.6 Å². The van der Waals surface area contributed by atoms with E-state index < -0.39 is 5.54 Å². The van der Waals surface area contributed by atoms with Crippen LogP contribution in [0.25, 0.3) is 0 Å². The first-order valence-electron chi connectivity index (χ1n) is 10.4. The summed E-state index contributed by atoms with van der Waals surface area (Å²) in [6, 6.07) is 6.41. The zero-order valence-corrected chi connectivity index (χ0v) is 16.5. The minimum Gasteiger partial charge on any atom is -0.323 e. The van der Waals surface area contributed by atoms with Gasteiger partial charge in [-0.3, -0.25) is 14.6 Å². The summed E-state index contributed by atoms with van der Waals surface area (Å²) in [5, 5.41) is 3.02. The van der Waals surface area contributed by atoms with Gasteiger partial charge in [0.25, 0.3) is 5.91 Å². The maximum Gasteiger partial charge on any atom is 0.325 e. The highest BCUT2D eigenvalue weighted by Gasteiger charge is 2.54. The summed E-state index contributed by atoms with van der Waals surface area (Å²) in [7, 11) is 0. The van der Waals surface area contributed by atoms with E-state index in [4.69, 9.17) is 0 Å². The molecule has 3 heterocycles. The van der Waals surface area contributed by atoms with E-state index in [0.29, 0.717) is 19.4 Å². The van der Waals surface area contributed by atoms with Crippen LogP contribution < -0.4 is 5.32 Å². The van der Waals surface area contributed by atoms with Crippen molar-refractivity contribution in [3.63, 3.8) is 0 Å². The summed E-state index contributed by atoms with van der Waals surface area (Å²) >= 11 is 0. The Morgan fingerprint density at radius 2 is 1.82 bits per heavy atom. The number of nitrogens with zero attached hydrogens (tertiary/aromatic N) is 3.